The van der Waals surface area contributed by atoms with E-state index in [0.717, 1.165) is 10.9 Å². The normalized spacial score (nSPS) is 23.4. The molecule has 18 nitrogen and oxygen atoms in total. The maximum absolute atomic E-state index is 14.3. The lowest BCUT2D eigenvalue weighted by atomic mass is 9.97. The van der Waals surface area contributed by atoms with Crippen LogP contribution in [0.3, 0.4) is 0 Å². The maximum atomic E-state index is 14.3. The molecule has 2 aromatic rings. The molecule has 1 aliphatic heterocycles. The summed E-state index contributed by atoms with van der Waals surface area (Å²) in [5.74, 6) is -6.16. The van der Waals surface area contributed by atoms with Gasteiger partial charge in [0.2, 0.25) is 41.4 Å². The summed E-state index contributed by atoms with van der Waals surface area (Å²) in [6, 6.07) is -0.125. The van der Waals surface area contributed by atoms with Gasteiger partial charge in [-0.25, -0.2) is 0 Å². The van der Waals surface area contributed by atoms with Crippen molar-refractivity contribution in [3.8, 4) is 0 Å². The van der Waals surface area contributed by atoms with Crippen LogP contribution < -0.4 is 49.1 Å². The molecule has 3 rings (SSSR count). The summed E-state index contributed by atoms with van der Waals surface area (Å²) in [4.78, 5) is 103. The van der Waals surface area contributed by atoms with E-state index in [1.54, 1.807) is 20.0 Å². The van der Waals surface area contributed by atoms with Crippen LogP contribution in [-0.2, 0) is 40.0 Å². The summed E-state index contributed by atoms with van der Waals surface area (Å²) in [5, 5.41) is 17.0. The lowest BCUT2D eigenvalue weighted by Crippen LogP contribution is -2.62. The Bertz CT molecular complexity index is 1750. The van der Waals surface area contributed by atoms with Crippen molar-refractivity contribution in [1.29, 1.82) is 0 Å². The molecular formula is C38H59N11O7. The van der Waals surface area contributed by atoms with Crippen LogP contribution in [0.2, 0.25) is 0 Å². The summed E-state index contributed by atoms with van der Waals surface area (Å²) in [6.07, 6.45) is 1.66. The van der Waals surface area contributed by atoms with E-state index in [-0.39, 0.29) is 56.4 Å². The molecule has 1 aliphatic rings. The fourth-order valence-corrected chi connectivity index (χ4v) is 6.46. The molecular weight excluding hydrogens is 722 g/mol. The number of rotatable bonds is 13. The molecule has 2 heterocycles. The third kappa shape index (κ3) is 13.6. The van der Waals surface area contributed by atoms with Crippen molar-refractivity contribution in [3.05, 3.63) is 36.0 Å². The van der Waals surface area contributed by atoms with Gasteiger partial charge in [-0.1, -0.05) is 59.7 Å². The third-order valence-corrected chi connectivity index (χ3v) is 9.28. The van der Waals surface area contributed by atoms with Crippen LogP contribution in [0.5, 0.6) is 0 Å². The number of aromatic nitrogens is 1. The number of H-pyrrole nitrogens is 1. The number of nitrogens with zero attached hydrogens (tertiary/aromatic N) is 1. The van der Waals surface area contributed by atoms with Crippen molar-refractivity contribution in [3.63, 3.8) is 0 Å². The zero-order valence-corrected chi connectivity index (χ0v) is 33.1. The summed E-state index contributed by atoms with van der Waals surface area (Å²) >= 11 is 0. The fourth-order valence-electron chi connectivity index (χ4n) is 6.46. The molecule has 1 aromatic heterocycles. The van der Waals surface area contributed by atoms with E-state index in [1.807, 2.05) is 52.0 Å². The van der Waals surface area contributed by atoms with Gasteiger partial charge in [0, 0.05) is 30.1 Å². The van der Waals surface area contributed by atoms with E-state index < -0.39 is 89.9 Å². The highest BCUT2D eigenvalue weighted by molar-refractivity contribution is 5.99. The molecule has 308 valence electrons. The van der Waals surface area contributed by atoms with Gasteiger partial charge in [0.05, 0.1) is 6.42 Å². The zero-order valence-electron chi connectivity index (χ0n) is 33.1. The van der Waals surface area contributed by atoms with Gasteiger partial charge in [-0.05, 0) is 55.1 Å². The number of aromatic amines is 1. The highest BCUT2D eigenvalue weighted by atomic mass is 16.2. The largest absolute Gasteiger partial charge is 0.370 e. The van der Waals surface area contributed by atoms with E-state index >= 15 is 0 Å². The highest BCUT2D eigenvalue weighted by Gasteiger charge is 2.36. The molecule has 0 radical (unpaired) electrons. The first-order valence-corrected chi connectivity index (χ1v) is 19.1. The molecule has 7 amide bonds. The molecule has 18 heteroatoms. The summed E-state index contributed by atoms with van der Waals surface area (Å²) in [7, 11) is 0. The van der Waals surface area contributed by atoms with E-state index in [0.29, 0.717) is 5.56 Å². The van der Waals surface area contributed by atoms with Gasteiger partial charge in [-0.3, -0.25) is 38.6 Å². The number of benzene rings is 1. The number of fused-ring (bicyclic) bond motifs is 1. The van der Waals surface area contributed by atoms with Gasteiger partial charge in [-0.15, -0.1) is 0 Å². The molecule has 56 heavy (non-hydrogen) atoms. The lowest BCUT2D eigenvalue weighted by Gasteiger charge is -2.30. The average Bonchev–Trinajstić information content (AvgIpc) is 3.51. The monoisotopic (exact) mass is 781 g/mol. The van der Waals surface area contributed by atoms with Crippen molar-refractivity contribution in [2.75, 3.05) is 6.54 Å². The van der Waals surface area contributed by atoms with Crippen molar-refractivity contribution in [1.82, 2.24) is 36.9 Å². The van der Waals surface area contributed by atoms with Crippen LogP contribution in [0.1, 0.15) is 79.2 Å². The minimum atomic E-state index is -1.54. The molecule has 1 aromatic carbocycles. The predicted octanol–water partition coefficient (Wildman–Crippen LogP) is -0.690. The first-order valence-electron chi connectivity index (χ1n) is 19.1. The van der Waals surface area contributed by atoms with Crippen LogP contribution in [-0.4, -0.2) is 95.1 Å². The second-order valence-electron chi connectivity index (χ2n) is 15.5. The second kappa shape index (κ2) is 20.8. The number of carbonyl (C=O) groups excluding carboxylic acids is 7. The SMILES string of the molecule is CC(C)C[C@@H]1NC(=O)[C@H](Cc2c[nH]c3ccccc23)NC(=O)[C@@H](CCCN=C(N)N)NC(=O)[C@H](CC(N)=O)NC(=O)[C@H](C(C)C)NC(=O)[C@@H](CC(C)C)NC1=O. The van der Waals surface area contributed by atoms with Gasteiger partial charge in [0.1, 0.15) is 36.3 Å². The smallest absolute Gasteiger partial charge is 0.243 e. The van der Waals surface area contributed by atoms with E-state index in [4.69, 9.17) is 17.2 Å². The predicted molar refractivity (Wildman–Crippen MR) is 211 cm³/mol. The molecule has 1 saturated heterocycles. The Morgan fingerprint density at radius 1 is 0.661 bits per heavy atom. The number of hydrogen-bond acceptors (Lipinski definition) is 8. The Kier molecular flexibility index (Phi) is 16.6. The molecule has 0 unspecified atom stereocenters. The summed E-state index contributed by atoms with van der Waals surface area (Å²) in [5.41, 5.74) is 17.9. The third-order valence-electron chi connectivity index (χ3n) is 9.28. The van der Waals surface area contributed by atoms with Gasteiger partial charge in [0.15, 0.2) is 5.96 Å². The number of aliphatic imine (C=N–C) groups is 1. The topological polar surface area (TPSA) is 298 Å². The van der Waals surface area contributed by atoms with Crippen LogP contribution in [0.4, 0.5) is 0 Å². The summed E-state index contributed by atoms with van der Waals surface area (Å²) < 4.78 is 0. The maximum Gasteiger partial charge on any atom is 0.243 e. The Labute approximate surface area is 327 Å². The number of hydrogen-bond donors (Lipinski definition) is 10. The number of amides is 7. The molecule has 13 N–H and O–H groups in total. The Hall–Kier alpha value is -5.68. The molecule has 0 spiro atoms. The number of para-hydroxylation sites is 1. The van der Waals surface area contributed by atoms with Gasteiger partial charge >= 0.3 is 0 Å². The molecule has 0 saturated carbocycles. The molecule has 0 aliphatic carbocycles. The lowest BCUT2D eigenvalue weighted by molar-refractivity contribution is -0.137. The fraction of sp³-hybridized carbons (Fsp3) is 0.579. The second-order valence-corrected chi connectivity index (χ2v) is 15.5. The zero-order chi connectivity index (χ0) is 41.7. The van der Waals surface area contributed by atoms with Crippen molar-refractivity contribution in [2.24, 2.45) is 39.9 Å². The van der Waals surface area contributed by atoms with Crippen LogP contribution >= 0.6 is 0 Å². The quantitative estimate of drug-likeness (QED) is 0.0698. The first-order chi connectivity index (χ1) is 26.4. The number of nitrogens with two attached hydrogens (primary N) is 3. The van der Waals surface area contributed by atoms with Crippen molar-refractivity contribution in [2.45, 2.75) is 116 Å². The number of nitrogens with one attached hydrogen (secondary N) is 7. The minimum Gasteiger partial charge on any atom is -0.370 e. The standard InChI is InChI=1S/C38H59N11O7/c1-19(2)14-26-33(52)46-27(15-20(3)4)36(55)49-31(21(5)6)37(56)48-29(17-30(39)50)35(54)44-25(12-9-13-42-38(40)41)32(51)47-28(34(53)45-26)16-22-18-43-24-11-8-7-10-23(22)24/h7-8,10-11,18-21,25-29,31,43H,9,12-17H2,1-6H3,(H2,39,50)(H,44,54)(H,45,53)(H,46,52)(H,47,51)(H,48,56)(H,49,55)(H4,40,41,42)/t25-,26+,27-,28+,29+,31+/m1/s1. The van der Waals surface area contributed by atoms with Gasteiger partial charge in [0.25, 0.3) is 0 Å². The van der Waals surface area contributed by atoms with Crippen LogP contribution in [0.25, 0.3) is 10.9 Å². The van der Waals surface area contributed by atoms with Gasteiger partial charge in [-0.2, -0.15) is 0 Å². The number of primary amides is 1. The van der Waals surface area contributed by atoms with E-state index in [1.165, 1.54) is 0 Å². The van der Waals surface area contributed by atoms with Crippen molar-refractivity contribution < 1.29 is 33.6 Å². The Morgan fingerprint density at radius 3 is 1.73 bits per heavy atom. The molecule has 6 atom stereocenters. The van der Waals surface area contributed by atoms with Crippen LogP contribution in [0, 0.1) is 17.8 Å². The first kappa shape index (κ1) is 44.7. The Balaban J connectivity index is 2.15. The number of carbonyl (C=O) groups is 7. The highest BCUT2D eigenvalue weighted by Crippen LogP contribution is 2.20. The average molecular weight is 782 g/mol. The Morgan fingerprint density at radius 2 is 1.16 bits per heavy atom. The summed E-state index contributed by atoms with van der Waals surface area (Å²) in [6.45, 7) is 10.9. The van der Waals surface area contributed by atoms with Gasteiger partial charge < -0.3 is 54.1 Å². The molecule has 1 fully saturated rings. The van der Waals surface area contributed by atoms with Crippen LogP contribution in [0.15, 0.2) is 35.5 Å². The van der Waals surface area contributed by atoms with E-state index in [2.05, 4.69) is 41.9 Å². The molecule has 0 bridgehead atoms. The number of guanidine groups is 1. The van der Waals surface area contributed by atoms with Crippen molar-refractivity contribution >= 4 is 58.2 Å². The van der Waals surface area contributed by atoms with E-state index in [9.17, 15) is 33.6 Å². The minimum absolute atomic E-state index is 0.0123.